The van der Waals surface area contributed by atoms with E-state index in [4.69, 9.17) is 15.2 Å². The van der Waals surface area contributed by atoms with Crippen molar-refractivity contribution in [1.29, 1.82) is 0 Å². The maximum absolute atomic E-state index is 13.9. The number of H-pyrrole nitrogens is 1. The summed E-state index contributed by atoms with van der Waals surface area (Å²) in [5, 5.41) is 1.04. The van der Waals surface area contributed by atoms with Crippen molar-refractivity contribution in [2.45, 2.75) is 89.8 Å². The van der Waals surface area contributed by atoms with Crippen molar-refractivity contribution in [3.05, 3.63) is 95.7 Å². The highest BCUT2D eigenvalue weighted by Crippen LogP contribution is 2.49. The van der Waals surface area contributed by atoms with Crippen LogP contribution >= 0.6 is 0 Å². The smallest absolute Gasteiger partial charge is 0.411 e. The van der Waals surface area contributed by atoms with Gasteiger partial charge < -0.3 is 20.2 Å². The van der Waals surface area contributed by atoms with Crippen molar-refractivity contribution in [3.63, 3.8) is 0 Å². The van der Waals surface area contributed by atoms with E-state index in [9.17, 15) is 14.4 Å². The molecule has 1 aliphatic heterocycles. The minimum absolute atomic E-state index is 0.0236. The Balaban J connectivity index is 1.31. The van der Waals surface area contributed by atoms with Crippen LogP contribution in [0.2, 0.25) is 0 Å². The van der Waals surface area contributed by atoms with E-state index < -0.39 is 35.6 Å². The lowest BCUT2D eigenvalue weighted by Crippen LogP contribution is -2.56. The third-order valence-corrected chi connectivity index (χ3v) is 9.92. The zero-order chi connectivity index (χ0) is 34.0. The molecule has 3 N–H and O–H groups in total. The van der Waals surface area contributed by atoms with E-state index in [-0.39, 0.29) is 17.8 Å². The second-order valence-corrected chi connectivity index (χ2v) is 14.3. The number of nitrogens with two attached hydrogens (primary N) is 1. The summed E-state index contributed by atoms with van der Waals surface area (Å²) in [5.74, 6) is -1.03. The Bertz CT molecular complexity index is 1750. The molecule has 1 saturated carbocycles. The molecule has 3 aromatic carbocycles. The molecule has 8 heteroatoms. The number of carbonyl (C=O) groups is 3. The van der Waals surface area contributed by atoms with Crippen LogP contribution in [0.1, 0.15) is 88.6 Å². The summed E-state index contributed by atoms with van der Waals surface area (Å²) < 4.78 is 11.7. The van der Waals surface area contributed by atoms with Crippen LogP contribution in [0.5, 0.6) is 0 Å². The van der Waals surface area contributed by atoms with E-state index in [1.807, 2.05) is 64.1 Å². The van der Waals surface area contributed by atoms with Gasteiger partial charge in [-0.2, -0.15) is 0 Å². The number of amides is 2. The van der Waals surface area contributed by atoms with Crippen LogP contribution in [-0.4, -0.2) is 46.1 Å². The van der Waals surface area contributed by atoms with Crippen molar-refractivity contribution in [3.8, 4) is 11.1 Å². The lowest BCUT2D eigenvalue weighted by molar-refractivity contribution is -0.147. The number of primary amides is 1. The second kappa shape index (κ2) is 13.9. The minimum atomic E-state index is -0.839. The molecule has 3 unspecified atom stereocenters. The number of hydrogen-bond donors (Lipinski definition) is 2. The number of esters is 1. The summed E-state index contributed by atoms with van der Waals surface area (Å²) in [6.45, 7) is 7.87. The fraction of sp³-hybridized carbons (Fsp3) is 0.425. The number of benzene rings is 3. The Hall–Kier alpha value is -4.59. The van der Waals surface area contributed by atoms with Crippen LogP contribution in [0.3, 0.4) is 0 Å². The van der Waals surface area contributed by atoms with Crippen LogP contribution in [0.15, 0.2) is 78.9 Å². The molecular formula is C40H47N3O5. The summed E-state index contributed by atoms with van der Waals surface area (Å²) in [4.78, 5) is 45.8. The van der Waals surface area contributed by atoms with Gasteiger partial charge in [-0.05, 0) is 93.0 Å². The Morgan fingerprint density at radius 1 is 0.896 bits per heavy atom. The first kappa shape index (κ1) is 33.3. The van der Waals surface area contributed by atoms with Crippen LogP contribution in [0, 0.1) is 11.8 Å². The van der Waals surface area contributed by atoms with Gasteiger partial charge >= 0.3 is 12.1 Å². The van der Waals surface area contributed by atoms with E-state index in [1.54, 1.807) is 4.90 Å². The molecule has 0 spiro atoms. The number of para-hydroxylation sites is 1. The number of aromatic amines is 1. The Kier molecular flexibility index (Phi) is 9.63. The molecule has 1 aromatic heterocycles. The highest BCUT2D eigenvalue weighted by Gasteiger charge is 2.48. The molecule has 2 amide bonds. The fourth-order valence-electron chi connectivity index (χ4n) is 7.77. The number of aromatic nitrogens is 1. The number of nitrogens with zero attached hydrogens (tertiary/aromatic N) is 1. The molecule has 252 valence electrons. The van der Waals surface area contributed by atoms with Crippen LogP contribution in [0.4, 0.5) is 4.79 Å². The van der Waals surface area contributed by atoms with Crippen LogP contribution in [-0.2, 0) is 25.5 Å². The standard InChI is InChI=1S/C40H47N3O5/c1-5-23-47-38(45)34(27-17-15-26(16-18-27)25-11-7-6-8-12-25)28-19-21-29(22-20-28)36-35-31(30-13-9-10-14-32(30)42-35)24-33(37(41)44)43(36)39(46)48-40(2,3)4/h6-18,28-29,33-34,36,42H,5,19-24H2,1-4H3,(H2,41,44). The lowest BCUT2D eigenvalue weighted by Gasteiger charge is -2.46. The quantitative estimate of drug-likeness (QED) is 0.187. The Morgan fingerprint density at radius 2 is 1.54 bits per heavy atom. The first-order valence-corrected chi connectivity index (χ1v) is 17.3. The highest BCUT2D eigenvalue weighted by molar-refractivity contribution is 5.90. The van der Waals surface area contributed by atoms with Gasteiger partial charge in [-0.3, -0.25) is 14.5 Å². The molecule has 48 heavy (non-hydrogen) atoms. The zero-order valence-corrected chi connectivity index (χ0v) is 28.4. The van der Waals surface area contributed by atoms with Gasteiger partial charge in [0, 0.05) is 23.0 Å². The number of nitrogens with one attached hydrogen (secondary N) is 1. The van der Waals surface area contributed by atoms with Gasteiger partial charge in [0.05, 0.1) is 18.6 Å². The van der Waals surface area contributed by atoms with Gasteiger partial charge in [0.15, 0.2) is 0 Å². The van der Waals surface area contributed by atoms with Crippen molar-refractivity contribution >= 4 is 28.9 Å². The largest absolute Gasteiger partial charge is 0.465 e. The van der Waals surface area contributed by atoms with E-state index in [2.05, 4.69) is 47.4 Å². The Labute approximate surface area is 283 Å². The van der Waals surface area contributed by atoms with Gasteiger partial charge in [-0.1, -0.05) is 79.7 Å². The predicted molar refractivity (Wildman–Crippen MR) is 187 cm³/mol. The molecule has 2 aliphatic rings. The van der Waals surface area contributed by atoms with Crippen molar-refractivity contribution < 1.29 is 23.9 Å². The molecule has 0 saturated heterocycles. The van der Waals surface area contributed by atoms with Gasteiger partial charge in [0.25, 0.3) is 0 Å². The summed E-state index contributed by atoms with van der Waals surface area (Å²) >= 11 is 0. The van der Waals surface area contributed by atoms with Crippen molar-refractivity contribution in [2.75, 3.05) is 6.61 Å². The molecule has 0 bridgehead atoms. The van der Waals surface area contributed by atoms with E-state index in [1.165, 1.54) is 0 Å². The topological polar surface area (TPSA) is 115 Å². The number of rotatable bonds is 8. The van der Waals surface area contributed by atoms with Gasteiger partial charge in [0.1, 0.15) is 11.6 Å². The molecule has 8 nitrogen and oxygen atoms in total. The summed E-state index contributed by atoms with van der Waals surface area (Å²) in [7, 11) is 0. The third-order valence-electron chi connectivity index (χ3n) is 9.92. The summed E-state index contributed by atoms with van der Waals surface area (Å²) in [5.41, 5.74) is 11.4. The molecule has 6 rings (SSSR count). The number of carbonyl (C=O) groups excluding carboxylic acids is 3. The second-order valence-electron chi connectivity index (χ2n) is 14.3. The maximum Gasteiger partial charge on any atom is 0.411 e. The monoisotopic (exact) mass is 649 g/mol. The van der Waals surface area contributed by atoms with Crippen molar-refractivity contribution in [2.24, 2.45) is 17.6 Å². The Morgan fingerprint density at radius 3 is 2.19 bits per heavy atom. The molecule has 4 aromatic rings. The molecular weight excluding hydrogens is 602 g/mol. The first-order valence-electron chi connectivity index (χ1n) is 17.3. The van der Waals surface area contributed by atoms with Gasteiger partial charge in [-0.25, -0.2) is 4.79 Å². The SMILES string of the molecule is CCCOC(=O)C(c1ccc(-c2ccccc2)cc1)C1CCC(C2c3[nH]c4ccccc4c3CC(C(N)=O)N2C(=O)OC(C)(C)C)CC1. The predicted octanol–water partition coefficient (Wildman–Crippen LogP) is 8.07. The first-order chi connectivity index (χ1) is 23.1. The number of hydrogen-bond acceptors (Lipinski definition) is 5. The van der Waals surface area contributed by atoms with Crippen molar-refractivity contribution in [1.82, 2.24) is 9.88 Å². The zero-order valence-electron chi connectivity index (χ0n) is 28.4. The molecule has 1 fully saturated rings. The van der Waals surface area contributed by atoms with E-state index in [0.29, 0.717) is 13.0 Å². The van der Waals surface area contributed by atoms with E-state index >= 15 is 0 Å². The number of fused-ring (bicyclic) bond motifs is 3. The van der Waals surface area contributed by atoms with Crippen LogP contribution < -0.4 is 5.73 Å². The molecule has 3 atom stereocenters. The average Bonchev–Trinajstić information content (AvgIpc) is 3.45. The summed E-state index contributed by atoms with van der Waals surface area (Å²) in [6.07, 6.45) is 3.60. The molecule has 2 heterocycles. The fourth-order valence-corrected chi connectivity index (χ4v) is 7.77. The van der Waals surface area contributed by atoms with Gasteiger partial charge in [0.2, 0.25) is 5.91 Å². The maximum atomic E-state index is 13.9. The van der Waals surface area contributed by atoms with Gasteiger partial charge in [-0.15, -0.1) is 0 Å². The minimum Gasteiger partial charge on any atom is -0.465 e. The molecule has 0 radical (unpaired) electrons. The molecule has 1 aliphatic carbocycles. The highest BCUT2D eigenvalue weighted by atomic mass is 16.6. The lowest BCUT2D eigenvalue weighted by atomic mass is 9.70. The number of ether oxygens (including phenoxy) is 2. The third kappa shape index (κ3) is 6.84. The van der Waals surface area contributed by atoms with Crippen LogP contribution in [0.25, 0.3) is 22.0 Å². The summed E-state index contributed by atoms with van der Waals surface area (Å²) in [6, 6.07) is 25.3. The van der Waals surface area contributed by atoms with E-state index in [0.717, 1.165) is 71.0 Å². The normalized spacial score (nSPS) is 21.7. The average molecular weight is 650 g/mol.